The van der Waals surface area contributed by atoms with E-state index in [2.05, 4.69) is 20.0 Å². The van der Waals surface area contributed by atoms with Gasteiger partial charge in [0.15, 0.2) is 5.65 Å². The number of nitrogens with two attached hydrogens (primary N) is 1. The molecule has 0 saturated carbocycles. The van der Waals surface area contributed by atoms with Gasteiger partial charge in [-0.25, -0.2) is 19.6 Å². The maximum absolute atomic E-state index is 5.62. The van der Waals surface area contributed by atoms with E-state index in [-0.39, 0.29) is 5.95 Å². The van der Waals surface area contributed by atoms with Crippen molar-refractivity contribution in [2.45, 2.75) is 6.54 Å². The topological polar surface area (TPSA) is 117 Å². The maximum Gasteiger partial charge on any atom is 0.228 e. The second-order valence-corrected chi connectivity index (χ2v) is 5.90. The summed E-state index contributed by atoms with van der Waals surface area (Å²) in [6.07, 6.45) is 5.10. The third-order valence-corrected chi connectivity index (χ3v) is 4.23. The van der Waals surface area contributed by atoms with Crippen LogP contribution in [0.2, 0.25) is 0 Å². The van der Waals surface area contributed by atoms with Gasteiger partial charge in [0.25, 0.3) is 0 Å². The molecule has 4 heterocycles. The molecular formula is C16H20N8O2. The zero-order valence-electron chi connectivity index (χ0n) is 14.5. The second-order valence-electron chi connectivity index (χ2n) is 5.90. The van der Waals surface area contributed by atoms with Gasteiger partial charge in [-0.2, -0.15) is 10.1 Å². The molecule has 3 aromatic rings. The number of morpholine rings is 1. The number of ether oxygens (including phenoxy) is 2. The molecule has 0 amide bonds. The maximum atomic E-state index is 5.62. The third kappa shape index (κ3) is 3.16. The molecule has 0 atom stereocenters. The van der Waals surface area contributed by atoms with Crippen LogP contribution in [0.3, 0.4) is 0 Å². The van der Waals surface area contributed by atoms with E-state index >= 15 is 0 Å². The van der Waals surface area contributed by atoms with E-state index in [1.165, 1.54) is 0 Å². The fourth-order valence-corrected chi connectivity index (χ4v) is 2.87. The molecule has 0 spiro atoms. The standard InChI is InChI=1S/C16H20N8O2/c1-25-5-4-24-14-12(10-20-24)13(11-8-18-15(17)19-9-11)21-16(22-14)23-2-6-26-7-3-23/h8-10H,2-7H2,1H3,(H2,17,18,19). The SMILES string of the molecule is COCCn1ncc2c(-c3cnc(N)nc3)nc(N3CCOCC3)nc21. The summed E-state index contributed by atoms with van der Waals surface area (Å²) in [5.74, 6) is 0.870. The Bertz CT molecular complexity index is 889. The smallest absolute Gasteiger partial charge is 0.228 e. The highest BCUT2D eigenvalue weighted by atomic mass is 16.5. The van der Waals surface area contributed by atoms with Crippen LogP contribution in [-0.2, 0) is 16.0 Å². The van der Waals surface area contributed by atoms with Gasteiger partial charge < -0.3 is 20.1 Å². The lowest BCUT2D eigenvalue weighted by Crippen LogP contribution is -2.37. The molecule has 0 aliphatic carbocycles. The van der Waals surface area contributed by atoms with E-state index in [0.717, 1.165) is 35.4 Å². The van der Waals surface area contributed by atoms with Gasteiger partial charge in [0.05, 0.1) is 43.6 Å². The van der Waals surface area contributed by atoms with Crippen LogP contribution >= 0.6 is 0 Å². The number of aromatic nitrogens is 6. The van der Waals surface area contributed by atoms with E-state index in [1.54, 1.807) is 25.7 Å². The molecule has 0 bridgehead atoms. The Morgan fingerprint density at radius 1 is 1.15 bits per heavy atom. The Balaban J connectivity index is 1.84. The number of rotatable bonds is 5. The Morgan fingerprint density at radius 3 is 2.65 bits per heavy atom. The highest BCUT2D eigenvalue weighted by Crippen LogP contribution is 2.28. The van der Waals surface area contributed by atoms with Crippen molar-refractivity contribution >= 4 is 22.9 Å². The van der Waals surface area contributed by atoms with Crippen LogP contribution in [0.5, 0.6) is 0 Å². The van der Waals surface area contributed by atoms with Crippen LogP contribution in [0.1, 0.15) is 0 Å². The van der Waals surface area contributed by atoms with Crippen molar-refractivity contribution in [1.29, 1.82) is 0 Å². The lowest BCUT2D eigenvalue weighted by atomic mass is 10.2. The number of methoxy groups -OCH3 is 1. The van der Waals surface area contributed by atoms with E-state index in [9.17, 15) is 0 Å². The average molecular weight is 356 g/mol. The van der Waals surface area contributed by atoms with Crippen LogP contribution in [-0.4, -0.2) is 69.7 Å². The fraction of sp³-hybridized carbons (Fsp3) is 0.438. The average Bonchev–Trinajstić information content (AvgIpc) is 3.10. The van der Waals surface area contributed by atoms with Crippen molar-refractivity contribution in [2.75, 3.05) is 50.7 Å². The molecule has 1 aliphatic rings. The molecular weight excluding hydrogens is 336 g/mol. The first kappa shape index (κ1) is 16.6. The van der Waals surface area contributed by atoms with Gasteiger partial charge in [0.1, 0.15) is 0 Å². The third-order valence-electron chi connectivity index (χ3n) is 4.23. The van der Waals surface area contributed by atoms with Gasteiger partial charge in [0, 0.05) is 38.2 Å². The molecule has 10 heteroatoms. The zero-order chi connectivity index (χ0) is 17.9. The minimum Gasteiger partial charge on any atom is -0.383 e. The van der Waals surface area contributed by atoms with E-state index in [1.807, 2.05) is 4.68 Å². The van der Waals surface area contributed by atoms with Crippen molar-refractivity contribution < 1.29 is 9.47 Å². The summed E-state index contributed by atoms with van der Waals surface area (Å²) in [7, 11) is 1.66. The van der Waals surface area contributed by atoms with Gasteiger partial charge in [-0.1, -0.05) is 0 Å². The molecule has 1 fully saturated rings. The molecule has 136 valence electrons. The highest BCUT2D eigenvalue weighted by molar-refractivity contribution is 5.90. The molecule has 4 rings (SSSR count). The van der Waals surface area contributed by atoms with E-state index in [4.69, 9.17) is 25.2 Å². The molecule has 0 unspecified atom stereocenters. The summed E-state index contributed by atoms with van der Waals surface area (Å²) < 4.78 is 12.4. The first-order chi connectivity index (χ1) is 12.8. The molecule has 0 radical (unpaired) electrons. The van der Waals surface area contributed by atoms with Gasteiger partial charge in [-0.3, -0.25) is 0 Å². The predicted octanol–water partition coefficient (Wildman–Crippen LogP) is 0.348. The lowest BCUT2D eigenvalue weighted by Gasteiger charge is -2.27. The van der Waals surface area contributed by atoms with Crippen molar-refractivity contribution in [3.63, 3.8) is 0 Å². The van der Waals surface area contributed by atoms with Gasteiger partial charge in [-0.05, 0) is 0 Å². The van der Waals surface area contributed by atoms with Gasteiger partial charge >= 0.3 is 0 Å². The first-order valence-electron chi connectivity index (χ1n) is 8.39. The summed E-state index contributed by atoms with van der Waals surface area (Å²) in [6, 6.07) is 0. The number of anilines is 2. The van der Waals surface area contributed by atoms with E-state index in [0.29, 0.717) is 32.3 Å². The molecule has 1 saturated heterocycles. The number of fused-ring (bicyclic) bond motifs is 1. The van der Waals surface area contributed by atoms with Crippen molar-refractivity contribution in [3.05, 3.63) is 18.6 Å². The molecule has 26 heavy (non-hydrogen) atoms. The summed E-state index contributed by atoms with van der Waals surface area (Å²) >= 11 is 0. The van der Waals surface area contributed by atoms with Crippen LogP contribution < -0.4 is 10.6 Å². The Morgan fingerprint density at radius 2 is 1.92 bits per heavy atom. The molecule has 2 N–H and O–H groups in total. The summed E-state index contributed by atoms with van der Waals surface area (Å²) in [4.78, 5) is 19.8. The largest absolute Gasteiger partial charge is 0.383 e. The van der Waals surface area contributed by atoms with Crippen molar-refractivity contribution in [1.82, 2.24) is 29.7 Å². The van der Waals surface area contributed by atoms with Crippen LogP contribution in [0.4, 0.5) is 11.9 Å². The number of nitrogen functional groups attached to an aromatic ring is 1. The minimum absolute atomic E-state index is 0.225. The number of hydrogen-bond acceptors (Lipinski definition) is 9. The number of hydrogen-bond donors (Lipinski definition) is 1. The van der Waals surface area contributed by atoms with Crippen LogP contribution in [0.25, 0.3) is 22.3 Å². The van der Waals surface area contributed by atoms with Crippen LogP contribution in [0, 0.1) is 0 Å². The molecule has 3 aromatic heterocycles. The summed E-state index contributed by atoms with van der Waals surface area (Å²) in [5.41, 5.74) is 7.88. The minimum atomic E-state index is 0.225. The summed E-state index contributed by atoms with van der Waals surface area (Å²) in [6.45, 7) is 3.96. The zero-order valence-corrected chi connectivity index (χ0v) is 14.5. The first-order valence-corrected chi connectivity index (χ1v) is 8.39. The quantitative estimate of drug-likeness (QED) is 0.691. The van der Waals surface area contributed by atoms with Gasteiger partial charge in [0.2, 0.25) is 11.9 Å². The van der Waals surface area contributed by atoms with E-state index < -0.39 is 0 Å². The molecule has 10 nitrogen and oxygen atoms in total. The Hall–Kier alpha value is -2.85. The van der Waals surface area contributed by atoms with Crippen LogP contribution in [0.15, 0.2) is 18.6 Å². The predicted molar refractivity (Wildman–Crippen MR) is 95.7 cm³/mol. The summed E-state index contributed by atoms with van der Waals surface area (Å²) in [5, 5.41) is 5.29. The molecule has 0 aromatic carbocycles. The molecule has 1 aliphatic heterocycles. The van der Waals surface area contributed by atoms with Crippen molar-refractivity contribution in [2.24, 2.45) is 0 Å². The monoisotopic (exact) mass is 356 g/mol. The Labute approximate surface area is 150 Å². The normalized spacial score (nSPS) is 14.9. The fourth-order valence-electron chi connectivity index (χ4n) is 2.87. The Kier molecular flexibility index (Phi) is 4.59. The second kappa shape index (κ2) is 7.18. The highest BCUT2D eigenvalue weighted by Gasteiger charge is 2.20. The van der Waals surface area contributed by atoms with Crippen molar-refractivity contribution in [3.8, 4) is 11.3 Å². The van der Waals surface area contributed by atoms with Gasteiger partial charge in [-0.15, -0.1) is 0 Å². The number of nitrogens with zero attached hydrogens (tertiary/aromatic N) is 7. The lowest BCUT2D eigenvalue weighted by molar-refractivity contribution is 0.122.